The van der Waals surface area contributed by atoms with Gasteiger partial charge in [-0.25, -0.2) is 4.39 Å². The zero-order chi connectivity index (χ0) is 21.3. The Kier molecular flexibility index (Phi) is 5.50. The monoisotopic (exact) mass is 411 g/mol. The SMILES string of the molecule is Cc1ccc(C(=O)N2CC[C@H]3OCC(=O)N[C@H]3C2)cc1NC(=O)c1ccccc1F. The highest BCUT2D eigenvalue weighted by Gasteiger charge is 2.36. The summed E-state index contributed by atoms with van der Waals surface area (Å²) in [6.07, 6.45) is 0.555. The second kappa shape index (κ2) is 8.23. The number of aryl methyl sites for hydroxylation is 1. The topological polar surface area (TPSA) is 87.7 Å². The normalized spacial score (nSPS) is 20.9. The first-order valence-corrected chi connectivity index (χ1v) is 9.79. The number of ether oxygens (including phenoxy) is 1. The summed E-state index contributed by atoms with van der Waals surface area (Å²) in [6, 6.07) is 10.5. The predicted octanol–water partition coefficient (Wildman–Crippen LogP) is 2.12. The van der Waals surface area contributed by atoms with Crippen molar-refractivity contribution in [1.29, 1.82) is 0 Å². The molecule has 0 aliphatic carbocycles. The number of carbonyl (C=O) groups is 3. The van der Waals surface area contributed by atoms with Gasteiger partial charge in [-0.3, -0.25) is 14.4 Å². The molecule has 2 aromatic rings. The molecule has 0 saturated carbocycles. The molecule has 8 heteroatoms. The van der Waals surface area contributed by atoms with E-state index in [0.717, 1.165) is 5.56 Å². The van der Waals surface area contributed by atoms with Crippen molar-refractivity contribution in [3.63, 3.8) is 0 Å². The Morgan fingerprint density at radius 2 is 2.03 bits per heavy atom. The summed E-state index contributed by atoms with van der Waals surface area (Å²) in [5.74, 6) is -1.57. The number of nitrogens with zero attached hydrogens (tertiary/aromatic N) is 1. The molecule has 7 nitrogen and oxygen atoms in total. The number of fused-ring (bicyclic) bond motifs is 1. The van der Waals surface area contributed by atoms with Crippen LogP contribution in [0.3, 0.4) is 0 Å². The molecule has 30 heavy (non-hydrogen) atoms. The van der Waals surface area contributed by atoms with Gasteiger partial charge in [0.25, 0.3) is 11.8 Å². The maximum atomic E-state index is 13.9. The summed E-state index contributed by atoms with van der Waals surface area (Å²) in [4.78, 5) is 38.7. The summed E-state index contributed by atoms with van der Waals surface area (Å²) in [7, 11) is 0. The summed E-state index contributed by atoms with van der Waals surface area (Å²) in [6.45, 7) is 2.73. The third-order valence-electron chi connectivity index (χ3n) is 5.46. The molecule has 2 saturated heterocycles. The van der Waals surface area contributed by atoms with Crippen molar-refractivity contribution in [2.45, 2.75) is 25.5 Å². The van der Waals surface area contributed by atoms with Crippen molar-refractivity contribution >= 4 is 23.4 Å². The quantitative estimate of drug-likeness (QED) is 0.810. The molecule has 0 aromatic heterocycles. The number of hydrogen-bond donors (Lipinski definition) is 2. The second-order valence-corrected chi connectivity index (χ2v) is 7.53. The van der Waals surface area contributed by atoms with Gasteiger partial charge in [-0.2, -0.15) is 0 Å². The number of hydrogen-bond acceptors (Lipinski definition) is 4. The molecule has 0 bridgehead atoms. The van der Waals surface area contributed by atoms with Gasteiger partial charge >= 0.3 is 0 Å². The molecule has 0 radical (unpaired) electrons. The highest BCUT2D eigenvalue weighted by molar-refractivity contribution is 6.05. The average Bonchev–Trinajstić information content (AvgIpc) is 2.74. The minimum atomic E-state index is -0.612. The molecular weight excluding hydrogens is 389 g/mol. The van der Waals surface area contributed by atoms with Gasteiger partial charge in [0.1, 0.15) is 12.4 Å². The molecule has 2 aliphatic heterocycles. The van der Waals surface area contributed by atoms with E-state index in [1.54, 1.807) is 36.1 Å². The maximum Gasteiger partial charge on any atom is 0.258 e. The first-order chi connectivity index (χ1) is 14.4. The number of rotatable bonds is 3. The van der Waals surface area contributed by atoms with Crippen molar-refractivity contribution < 1.29 is 23.5 Å². The number of benzene rings is 2. The highest BCUT2D eigenvalue weighted by Crippen LogP contribution is 2.23. The Hall–Kier alpha value is -3.26. The van der Waals surface area contributed by atoms with Crippen LogP contribution in [0.1, 0.15) is 32.7 Å². The van der Waals surface area contributed by atoms with Crippen LogP contribution < -0.4 is 10.6 Å². The van der Waals surface area contributed by atoms with Crippen LogP contribution in [0.25, 0.3) is 0 Å². The number of morpholine rings is 1. The third kappa shape index (κ3) is 4.04. The van der Waals surface area contributed by atoms with Gasteiger partial charge in [0.15, 0.2) is 0 Å². The number of anilines is 1. The molecule has 2 fully saturated rings. The maximum absolute atomic E-state index is 13.9. The highest BCUT2D eigenvalue weighted by atomic mass is 19.1. The molecule has 2 N–H and O–H groups in total. The van der Waals surface area contributed by atoms with Crippen molar-refractivity contribution in [1.82, 2.24) is 10.2 Å². The van der Waals surface area contributed by atoms with Crippen LogP contribution in [0.2, 0.25) is 0 Å². The Labute approximate surface area is 173 Å². The molecule has 156 valence electrons. The number of amides is 3. The Bertz CT molecular complexity index is 1010. The van der Waals surface area contributed by atoms with Crippen molar-refractivity contribution in [3.05, 3.63) is 65.0 Å². The standard InChI is InChI=1S/C22H22FN3O4/c1-13-6-7-14(10-17(13)25-21(28)15-4-2-3-5-16(15)23)22(29)26-9-8-19-18(11-26)24-20(27)12-30-19/h2-7,10,18-19H,8-9,11-12H2,1H3,(H,24,27)(H,25,28)/t18-,19+/m0/s1. The van der Waals surface area contributed by atoms with Gasteiger partial charge in [0.05, 0.1) is 17.7 Å². The summed E-state index contributed by atoms with van der Waals surface area (Å²) in [5, 5.41) is 5.56. The number of nitrogens with one attached hydrogen (secondary N) is 2. The number of piperidine rings is 1. The van der Waals surface area contributed by atoms with Gasteiger partial charge in [-0.1, -0.05) is 18.2 Å². The van der Waals surface area contributed by atoms with E-state index in [1.807, 2.05) is 0 Å². The predicted molar refractivity (Wildman–Crippen MR) is 108 cm³/mol. The molecular formula is C22H22FN3O4. The summed E-state index contributed by atoms with van der Waals surface area (Å²) < 4.78 is 19.4. The molecule has 2 atom stereocenters. The van der Waals surface area contributed by atoms with E-state index in [9.17, 15) is 18.8 Å². The van der Waals surface area contributed by atoms with Crippen LogP contribution in [0, 0.1) is 12.7 Å². The number of likely N-dealkylation sites (tertiary alicyclic amines) is 1. The van der Waals surface area contributed by atoms with E-state index < -0.39 is 11.7 Å². The van der Waals surface area contributed by atoms with E-state index in [-0.39, 0.29) is 36.1 Å². The fourth-order valence-electron chi connectivity index (χ4n) is 3.79. The Balaban J connectivity index is 1.50. The van der Waals surface area contributed by atoms with Gasteiger partial charge in [0.2, 0.25) is 5.91 Å². The van der Waals surface area contributed by atoms with Crippen LogP contribution in [0.15, 0.2) is 42.5 Å². The summed E-state index contributed by atoms with van der Waals surface area (Å²) >= 11 is 0. The zero-order valence-corrected chi connectivity index (χ0v) is 16.5. The lowest BCUT2D eigenvalue weighted by molar-refractivity contribution is -0.139. The average molecular weight is 411 g/mol. The fraction of sp³-hybridized carbons (Fsp3) is 0.318. The second-order valence-electron chi connectivity index (χ2n) is 7.53. The van der Waals surface area contributed by atoms with Gasteiger partial charge in [0, 0.05) is 24.3 Å². The van der Waals surface area contributed by atoms with Gasteiger partial charge in [-0.15, -0.1) is 0 Å². The smallest absolute Gasteiger partial charge is 0.258 e. The molecule has 4 rings (SSSR count). The largest absolute Gasteiger partial charge is 0.366 e. The molecule has 2 aromatic carbocycles. The third-order valence-corrected chi connectivity index (χ3v) is 5.46. The molecule has 0 spiro atoms. The minimum Gasteiger partial charge on any atom is -0.366 e. The van der Waals surface area contributed by atoms with E-state index in [4.69, 9.17) is 4.74 Å². The van der Waals surface area contributed by atoms with Gasteiger partial charge in [-0.05, 0) is 43.2 Å². The van der Waals surface area contributed by atoms with E-state index in [0.29, 0.717) is 30.8 Å². The lowest BCUT2D eigenvalue weighted by atomic mass is 9.99. The fourth-order valence-corrected chi connectivity index (χ4v) is 3.79. The number of carbonyl (C=O) groups excluding carboxylic acids is 3. The zero-order valence-electron chi connectivity index (χ0n) is 16.5. The molecule has 0 unspecified atom stereocenters. The van der Waals surface area contributed by atoms with Gasteiger partial charge < -0.3 is 20.3 Å². The molecule has 2 aliphatic rings. The summed E-state index contributed by atoms with van der Waals surface area (Å²) in [5.41, 5.74) is 1.54. The van der Waals surface area contributed by atoms with Crippen LogP contribution in [-0.4, -0.2) is 54.5 Å². The molecule has 2 heterocycles. The lowest BCUT2D eigenvalue weighted by Crippen LogP contribution is -2.61. The van der Waals surface area contributed by atoms with Crippen molar-refractivity contribution in [3.8, 4) is 0 Å². The van der Waals surface area contributed by atoms with Crippen LogP contribution in [0.4, 0.5) is 10.1 Å². The van der Waals surface area contributed by atoms with Crippen molar-refractivity contribution in [2.75, 3.05) is 25.0 Å². The lowest BCUT2D eigenvalue weighted by Gasteiger charge is -2.41. The first-order valence-electron chi connectivity index (χ1n) is 9.79. The number of halogens is 1. The minimum absolute atomic E-state index is 0.0537. The van der Waals surface area contributed by atoms with E-state index in [1.165, 1.54) is 18.2 Å². The van der Waals surface area contributed by atoms with Crippen LogP contribution >= 0.6 is 0 Å². The molecule has 3 amide bonds. The van der Waals surface area contributed by atoms with Crippen LogP contribution in [-0.2, 0) is 9.53 Å². The van der Waals surface area contributed by atoms with Crippen molar-refractivity contribution in [2.24, 2.45) is 0 Å². The Morgan fingerprint density at radius 1 is 1.23 bits per heavy atom. The Morgan fingerprint density at radius 3 is 2.83 bits per heavy atom. The first kappa shape index (κ1) is 20.0. The van der Waals surface area contributed by atoms with Crippen LogP contribution in [0.5, 0.6) is 0 Å². The van der Waals surface area contributed by atoms with E-state index in [2.05, 4.69) is 10.6 Å². The van der Waals surface area contributed by atoms with E-state index >= 15 is 0 Å².